The second kappa shape index (κ2) is 8.47. The number of hydrogen-bond acceptors (Lipinski definition) is 2. The van der Waals surface area contributed by atoms with E-state index < -0.39 is 0 Å². The third kappa shape index (κ3) is 10.5. The van der Waals surface area contributed by atoms with E-state index in [2.05, 4.69) is 6.92 Å². The van der Waals surface area contributed by atoms with Gasteiger partial charge in [0.2, 0.25) is 0 Å². The molecule has 2 heteroatoms. The van der Waals surface area contributed by atoms with Crippen LogP contribution in [-0.4, -0.2) is 12.6 Å². The van der Waals surface area contributed by atoms with Gasteiger partial charge in [0.15, 0.2) is 0 Å². The van der Waals surface area contributed by atoms with Crippen LogP contribution in [0, 0.1) is 0 Å². The Morgan fingerprint density at radius 3 is 2.40 bits per heavy atom. The van der Waals surface area contributed by atoms with E-state index >= 15 is 0 Å². The van der Waals surface area contributed by atoms with E-state index in [1.165, 1.54) is 13.3 Å². The van der Waals surface area contributed by atoms with Crippen molar-refractivity contribution in [1.29, 1.82) is 0 Å². The molecule has 2 nitrogen and oxygen atoms in total. The van der Waals surface area contributed by atoms with Crippen LogP contribution in [0.25, 0.3) is 0 Å². The lowest BCUT2D eigenvalue weighted by molar-refractivity contribution is -0.141. The van der Waals surface area contributed by atoms with Crippen LogP contribution in [0.3, 0.4) is 0 Å². The van der Waals surface area contributed by atoms with Crippen LogP contribution >= 0.6 is 0 Å². The number of esters is 1. The maximum absolute atomic E-state index is 10.2. The van der Waals surface area contributed by atoms with Crippen molar-refractivity contribution in [3.8, 4) is 0 Å². The molecule has 0 aliphatic rings. The van der Waals surface area contributed by atoms with Gasteiger partial charge in [0.1, 0.15) is 0 Å². The predicted octanol–water partition coefficient (Wildman–Crippen LogP) is 2.38. The molecule has 0 rings (SSSR count). The minimum absolute atomic E-state index is 0. The molecule has 62 valence electrons. The van der Waals surface area contributed by atoms with E-state index in [-0.39, 0.29) is 13.4 Å². The minimum Gasteiger partial charge on any atom is -0.466 e. The first kappa shape index (κ1) is 12.2. The van der Waals surface area contributed by atoms with Crippen molar-refractivity contribution in [1.82, 2.24) is 0 Å². The molecule has 0 heterocycles. The van der Waals surface area contributed by atoms with E-state index in [1.807, 2.05) is 0 Å². The van der Waals surface area contributed by atoms with E-state index in [1.54, 1.807) is 0 Å². The Morgan fingerprint density at radius 1 is 1.40 bits per heavy atom. The zero-order valence-corrected chi connectivity index (χ0v) is 6.14. The second-order valence-corrected chi connectivity index (χ2v) is 2.05. The molecule has 0 bridgehead atoms. The molecule has 0 unspecified atom stereocenters. The van der Waals surface area contributed by atoms with Crippen molar-refractivity contribution >= 4 is 5.97 Å². The standard InChI is InChI=1S/C7H14O2.CH4/c1-3-4-5-6-9-7(2)8;/h3-6H2,1-2H3;1H4. The Labute approximate surface area is 63.6 Å². The summed E-state index contributed by atoms with van der Waals surface area (Å²) in [5.41, 5.74) is 0. The molecule has 0 fully saturated rings. The van der Waals surface area contributed by atoms with E-state index in [0.717, 1.165) is 12.8 Å². The molecule has 0 saturated carbocycles. The fraction of sp³-hybridized carbons (Fsp3) is 0.875. The molecule has 0 amide bonds. The highest BCUT2D eigenvalue weighted by atomic mass is 16.5. The number of carbonyl (C=O) groups is 1. The monoisotopic (exact) mass is 146 g/mol. The highest BCUT2D eigenvalue weighted by molar-refractivity contribution is 5.65. The fourth-order valence-corrected chi connectivity index (χ4v) is 0.568. The van der Waals surface area contributed by atoms with Crippen LogP contribution in [0.5, 0.6) is 0 Å². The number of carbonyl (C=O) groups excluding carboxylic acids is 1. The van der Waals surface area contributed by atoms with Gasteiger partial charge < -0.3 is 4.74 Å². The van der Waals surface area contributed by atoms with Crippen molar-refractivity contribution in [2.24, 2.45) is 0 Å². The van der Waals surface area contributed by atoms with Crippen molar-refractivity contribution < 1.29 is 9.53 Å². The van der Waals surface area contributed by atoms with Gasteiger partial charge in [0.05, 0.1) is 6.61 Å². The van der Waals surface area contributed by atoms with Gasteiger partial charge in [-0.15, -0.1) is 0 Å². The van der Waals surface area contributed by atoms with E-state index in [9.17, 15) is 4.79 Å². The highest BCUT2D eigenvalue weighted by Crippen LogP contribution is 1.93. The zero-order valence-electron chi connectivity index (χ0n) is 6.14. The third-order valence-corrected chi connectivity index (χ3v) is 1.05. The molecule has 0 aliphatic carbocycles. The van der Waals surface area contributed by atoms with Gasteiger partial charge in [-0.1, -0.05) is 27.2 Å². The SMILES string of the molecule is C.CCCCCOC(C)=O. The molecule has 0 N–H and O–H groups in total. The zero-order chi connectivity index (χ0) is 7.11. The number of hydrogen-bond donors (Lipinski definition) is 0. The van der Waals surface area contributed by atoms with Crippen LogP contribution in [0.15, 0.2) is 0 Å². The largest absolute Gasteiger partial charge is 0.466 e. The van der Waals surface area contributed by atoms with Gasteiger partial charge in [-0.05, 0) is 6.42 Å². The molecule has 0 aromatic carbocycles. The summed E-state index contributed by atoms with van der Waals surface area (Å²) in [6.45, 7) is 4.14. The van der Waals surface area contributed by atoms with Gasteiger partial charge in [0, 0.05) is 6.92 Å². The Kier molecular flexibility index (Phi) is 10.3. The molecule has 10 heavy (non-hydrogen) atoms. The minimum atomic E-state index is -0.175. The molecular weight excluding hydrogens is 128 g/mol. The molecule has 0 spiro atoms. The van der Waals surface area contributed by atoms with Crippen LogP contribution in [0.4, 0.5) is 0 Å². The topological polar surface area (TPSA) is 26.3 Å². The number of rotatable bonds is 4. The Hall–Kier alpha value is -0.530. The van der Waals surface area contributed by atoms with Crippen LogP contribution in [0.1, 0.15) is 40.5 Å². The first-order valence-corrected chi connectivity index (χ1v) is 3.40. The summed E-state index contributed by atoms with van der Waals surface area (Å²) in [6.07, 6.45) is 3.31. The molecule has 0 aromatic heterocycles. The molecular formula is C8H18O2. The fourth-order valence-electron chi connectivity index (χ4n) is 0.568. The summed E-state index contributed by atoms with van der Waals surface area (Å²) >= 11 is 0. The Morgan fingerprint density at radius 2 is 2.00 bits per heavy atom. The first-order chi connectivity index (χ1) is 4.27. The molecule has 0 aliphatic heterocycles. The Bertz CT molecular complexity index is 79.3. The average Bonchev–Trinajstić information content (AvgIpc) is 1.80. The van der Waals surface area contributed by atoms with Crippen LogP contribution in [0.2, 0.25) is 0 Å². The smallest absolute Gasteiger partial charge is 0.302 e. The Balaban J connectivity index is 0. The van der Waals surface area contributed by atoms with Crippen molar-refractivity contribution in [3.05, 3.63) is 0 Å². The predicted molar refractivity (Wildman–Crippen MR) is 42.9 cm³/mol. The summed E-state index contributed by atoms with van der Waals surface area (Å²) in [4.78, 5) is 10.2. The van der Waals surface area contributed by atoms with Gasteiger partial charge >= 0.3 is 5.97 Å². The van der Waals surface area contributed by atoms with Gasteiger partial charge in [0.25, 0.3) is 0 Å². The van der Waals surface area contributed by atoms with Crippen LogP contribution in [-0.2, 0) is 9.53 Å². The molecule has 0 radical (unpaired) electrons. The summed E-state index contributed by atoms with van der Waals surface area (Å²) < 4.78 is 4.70. The number of unbranched alkanes of at least 4 members (excludes halogenated alkanes) is 2. The second-order valence-electron chi connectivity index (χ2n) is 2.05. The summed E-state index contributed by atoms with van der Waals surface area (Å²) in [5, 5.41) is 0. The quantitative estimate of drug-likeness (QED) is 0.449. The first-order valence-electron chi connectivity index (χ1n) is 3.40. The maximum atomic E-state index is 10.2. The van der Waals surface area contributed by atoms with Gasteiger partial charge in [-0.2, -0.15) is 0 Å². The lowest BCUT2D eigenvalue weighted by Gasteiger charge is -1.98. The average molecular weight is 146 g/mol. The highest BCUT2D eigenvalue weighted by Gasteiger charge is 1.89. The van der Waals surface area contributed by atoms with Gasteiger partial charge in [-0.3, -0.25) is 4.79 Å². The van der Waals surface area contributed by atoms with Crippen molar-refractivity contribution in [3.63, 3.8) is 0 Å². The summed E-state index contributed by atoms with van der Waals surface area (Å²) in [6, 6.07) is 0. The lowest BCUT2D eigenvalue weighted by atomic mass is 10.3. The number of ether oxygens (including phenoxy) is 1. The van der Waals surface area contributed by atoms with Crippen LogP contribution < -0.4 is 0 Å². The normalized spacial score (nSPS) is 8.20. The van der Waals surface area contributed by atoms with Crippen molar-refractivity contribution in [2.75, 3.05) is 6.61 Å². The molecule has 0 saturated heterocycles. The van der Waals surface area contributed by atoms with E-state index in [4.69, 9.17) is 4.74 Å². The maximum Gasteiger partial charge on any atom is 0.302 e. The van der Waals surface area contributed by atoms with Crippen molar-refractivity contribution in [2.45, 2.75) is 40.5 Å². The molecule has 0 atom stereocenters. The van der Waals surface area contributed by atoms with E-state index in [0.29, 0.717) is 6.61 Å². The third-order valence-electron chi connectivity index (χ3n) is 1.05. The van der Waals surface area contributed by atoms with Gasteiger partial charge in [-0.25, -0.2) is 0 Å². The molecule has 0 aromatic rings. The summed E-state index contributed by atoms with van der Waals surface area (Å²) in [7, 11) is 0. The summed E-state index contributed by atoms with van der Waals surface area (Å²) in [5.74, 6) is -0.175. The lowest BCUT2D eigenvalue weighted by Crippen LogP contribution is -1.99.